The molecule has 0 aromatic heterocycles. The molecule has 0 heterocycles. The van der Waals surface area contributed by atoms with E-state index in [2.05, 4.69) is 10.6 Å². The second kappa shape index (κ2) is 6.55. The quantitative estimate of drug-likeness (QED) is 0.586. The van der Waals surface area contributed by atoms with Crippen molar-refractivity contribution in [2.45, 2.75) is 6.92 Å². The standard InChI is InChI=1S/C11H15N3O4/c1-3-18-8-4-5-9(10(6-8)14(16)17)13-11(15)7-12-2/h4-6,12H,3,7H2,1-2H3,(H,13,15). The largest absolute Gasteiger partial charge is 0.494 e. The van der Waals surface area contributed by atoms with E-state index in [-0.39, 0.29) is 23.8 Å². The third-order valence-electron chi connectivity index (χ3n) is 2.09. The van der Waals surface area contributed by atoms with E-state index < -0.39 is 4.92 Å². The van der Waals surface area contributed by atoms with Gasteiger partial charge in [0.25, 0.3) is 5.69 Å². The van der Waals surface area contributed by atoms with Crippen molar-refractivity contribution in [1.29, 1.82) is 0 Å². The molecule has 1 aromatic rings. The fourth-order valence-electron chi connectivity index (χ4n) is 1.38. The first-order valence-corrected chi connectivity index (χ1v) is 5.44. The SMILES string of the molecule is CCOc1ccc(NC(=O)CNC)c([N+](=O)[O-])c1. The Morgan fingerprint density at radius 1 is 1.50 bits per heavy atom. The molecule has 1 amide bonds. The van der Waals surface area contributed by atoms with Gasteiger partial charge < -0.3 is 15.4 Å². The summed E-state index contributed by atoms with van der Waals surface area (Å²) in [7, 11) is 1.62. The van der Waals surface area contributed by atoms with E-state index in [0.717, 1.165) is 0 Å². The molecule has 0 atom stereocenters. The molecule has 0 aliphatic heterocycles. The van der Waals surface area contributed by atoms with Crippen molar-refractivity contribution in [1.82, 2.24) is 5.32 Å². The van der Waals surface area contributed by atoms with Crippen LogP contribution in [0, 0.1) is 10.1 Å². The molecular weight excluding hydrogens is 238 g/mol. The number of nitrogens with one attached hydrogen (secondary N) is 2. The van der Waals surface area contributed by atoms with Crippen molar-refractivity contribution < 1.29 is 14.5 Å². The van der Waals surface area contributed by atoms with Crippen LogP contribution in [0.5, 0.6) is 5.75 Å². The van der Waals surface area contributed by atoms with Gasteiger partial charge in [-0.15, -0.1) is 0 Å². The first kappa shape index (κ1) is 13.9. The smallest absolute Gasteiger partial charge is 0.296 e. The Morgan fingerprint density at radius 3 is 2.78 bits per heavy atom. The predicted molar refractivity (Wildman–Crippen MR) is 66.8 cm³/mol. The Labute approximate surface area is 104 Å². The predicted octanol–water partition coefficient (Wildman–Crippen LogP) is 1.15. The molecule has 0 saturated carbocycles. The van der Waals surface area contributed by atoms with Gasteiger partial charge in [-0.3, -0.25) is 14.9 Å². The fraction of sp³-hybridized carbons (Fsp3) is 0.364. The van der Waals surface area contributed by atoms with Crippen LogP contribution >= 0.6 is 0 Å². The summed E-state index contributed by atoms with van der Waals surface area (Å²) < 4.78 is 5.17. The summed E-state index contributed by atoms with van der Waals surface area (Å²) in [4.78, 5) is 21.7. The number of carbonyl (C=O) groups excluding carboxylic acids is 1. The molecule has 2 N–H and O–H groups in total. The number of hydrogen-bond acceptors (Lipinski definition) is 5. The van der Waals surface area contributed by atoms with Crippen LogP contribution in [0.15, 0.2) is 18.2 Å². The van der Waals surface area contributed by atoms with E-state index >= 15 is 0 Å². The zero-order valence-electron chi connectivity index (χ0n) is 10.2. The van der Waals surface area contributed by atoms with Gasteiger partial charge in [0.2, 0.25) is 5.91 Å². The van der Waals surface area contributed by atoms with Crippen LogP contribution in [-0.2, 0) is 4.79 Å². The number of anilines is 1. The summed E-state index contributed by atoms with van der Waals surface area (Å²) in [6, 6.07) is 4.32. The Balaban J connectivity index is 2.96. The van der Waals surface area contributed by atoms with Crippen molar-refractivity contribution >= 4 is 17.3 Å². The van der Waals surface area contributed by atoms with Crippen LogP contribution < -0.4 is 15.4 Å². The minimum Gasteiger partial charge on any atom is -0.494 e. The van der Waals surface area contributed by atoms with Crippen LogP contribution in [-0.4, -0.2) is 31.0 Å². The van der Waals surface area contributed by atoms with Crippen LogP contribution in [0.4, 0.5) is 11.4 Å². The number of carbonyl (C=O) groups is 1. The summed E-state index contributed by atoms with van der Waals surface area (Å²) in [6.07, 6.45) is 0. The minimum absolute atomic E-state index is 0.0877. The lowest BCUT2D eigenvalue weighted by Gasteiger charge is -2.08. The molecule has 0 spiro atoms. The summed E-state index contributed by atoms with van der Waals surface area (Å²) >= 11 is 0. The van der Waals surface area contributed by atoms with Crippen LogP contribution in [0.1, 0.15) is 6.92 Å². The van der Waals surface area contributed by atoms with Crippen molar-refractivity contribution in [3.05, 3.63) is 28.3 Å². The molecule has 1 rings (SSSR count). The monoisotopic (exact) mass is 253 g/mol. The molecule has 1 aromatic carbocycles. The summed E-state index contributed by atoms with van der Waals surface area (Å²) in [5, 5.41) is 16.0. The van der Waals surface area contributed by atoms with Gasteiger partial charge in [0.1, 0.15) is 11.4 Å². The summed E-state index contributed by atoms with van der Waals surface area (Å²) in [5.74, 6) is 0.0561. The maximum atomic E-state index is 11.4. The van der Waals surface area contributed by atoms with Gasteiger partial charge in [-0.1, -0.05) is 0 Å². The molecule has 98 valence electrons. The number of ether oxygens (including phenoxy) is 1. The molecule has 0 aliphatic rings. The van der Waals surface area contributed by atoms with Gasteiger partial charge in [0.05, 0.1) is 24.1 Å². The second-order valence-electron chi connectivity index (χ2n) is 3.45. The highest BCUT2D eigenvalue weighted by molar-refractivity contribution is 5.94. The highest BCUT2D eigenvalue weighted by Crippen LogP contribution is 2.28. The van der Waals surface area contributed by atoms with Crippen molar-refractivity contribution in [2.24, 2.45) is 0 Å². The Bertz CT molecular complexity index is 448. The number of likely N-dealkylation sites (N-methyl/N-ethyl adjacent to an activating group) is 1. The van der Waals surface area contributed by atoms with Gasteiger partial charge in [0, 0.05) is 0 Å². The number of benzene rings is 1. The lowest BCUT2D eigenvalue weighted by Crippen LogP contribution is -2.25. The van der Waals surface area contributed by atoms with Crippen molar-refractivity contribution in [2.75, 3.05) is 25.5 Å². The first-order valence-electron chi connectivity index (χ1n) is 5.44. The average molecular weight is 253 g/mol. The lowest BCUT2D eigenvalue weighted by atomic mass is 10.2. The Hall–Kier alpha value is -2.15. The topological polar surface area (TPSA) is 93.5 Å². The molecular formula is C11H15N3O4. The Kier molecular flexibility index (Phi) is 5.06. The van der Waals surface area contributed by atoms with Gasteiger partial charge >= 0.3 is 0 Å². The maximum Gasteiger partial charge on any atom is 0.296 e. The first-order chi connectivity index (χ1) is 8.58. The third kappa shape index (κ3) is 3.70. The highest BCUT2D eigenvalue weighted by atomic mass is 16.6. The molecule has 0 unspecified atom stereocenters. The molecule has 0 saturated heterocycles. The van der Waals surface area contributed by atoms with E-state index in [1.165, 1.54) is 12.1 Å². The highest BCUT2D eigenvalue weighted by Gasteiger charge is 2.16. The van der Waals surface area contributed by atoms with Crippen LogP contribution in [0.3, 0.4) is 0 Å². The van der Waals surface area contributed by atoms with E-state index in [9.17, 15) is 14.9 Å². The van der Waals surface area contributed by atoms with E-state index in [1.54, 1.807) is 20.0 Å². The minimum atomic E-state index is -0.558. The van der Waals surface area contributed by atoms with Crippen molar-refractivity contribution in [3.63, 3.8) is 0 Å². The lowest BCUT2D eigenvalue weighted by molar-refractivity contribution is -0.384. The summed E-state index contributed by atoms with van der Waals surface area (Å²) in [5.41, 5.74) is -0.0332. The molecule has 7 nitrogen and oxygen atoms in total. The van der Waals surface area contributed by atoms with E-state index in [0.29, 0.717) is 12.4 Å². The molecule has 0 bridgehead atoms. The van der Waals surface area contributed by atoms with Gasteiger partial charge in [-0.05, 0) is 26.1 Å². The van der Waals surface area contributed by atoms with E-state index in [4.69, 9.17) is 4.74 Å². The second-order valence-corrected chi connectivity index (χ2v) is 3.45. The molecule has 7 heteroatoms. The van der Waals surface area contributed by atoms with Gasteiger partial charge in [0.15, 0.2) is 0 Å². The molecule has 18 heavy (non-hydrogen) atoms. The number of hydrogen-bond donors (Lipinski definition) is 2. The fourth-order valence-corrected chi connectivity index (χ4v) is 1.38. The van der Waals surface area contributed by atoms with Gasteiger partial charge in [-0.2, -0.15) is 0 Å². The normalized spacial score (nSPS) is 9.89. The average Bonchev–Trinajstić information content (AvgIpc) is 2.31. The molecule has 0 radical (unpaired) electrons. The number of nitrogens with zero attached hydrogens (tertiary/aromatic N) is 1. The third-order valence-corrected chi connectivity index (χ3v) is 2.09. The Morgan fingerprint density at radius 2 is 2.22 bits per heavy atom. The number of nitro benzene ring substituents is 1. The van der Waals surface area contributed by atoms with Crippen LogP contribution in [0.25, 0.3) is 0 Å². The maximum absolute atomic E-state index is 11.4. The van der Waals surface area contributed by atoms with Gasteiger partial charge in [-0.25, -0.2) is 0 Å². The zero-order valence-corrected chi connectivity index (χ0v) is 10.2. The van der Waals surface area contributed by atoms with E-state index in [1.807, 2.05) is 0 Å². The van der Waals surface area contributed by atoms with Crippen molar-refractivity contribution in [3.8, 4) is 5.75 Å². The summed E-state index contributed by atoms with van der Waals surface area (Å²) in [6.45, 7) is 2.29. The molecule has 0 fully saturated rings. The number of nitro groups is 1. The number of amides is 1. The van der Waals surface area contributed by atoms with Crippen LogP contribution in [0.2, 0.25) is 0 Å². The number of rotatable bonds is 6. The molecule has 0 aliphatic carbocycles. The zero-order chi connectivity index (χ0) is 13.5.